The van der Waals surface area contributed by atoms with Crippen molar-refractivity contribution in [2.45, 2.75) is 19.4 Å². The molecule has 0 radical (unpaired) electrons. The van der Waals surface area contributed by atoms with Gasteiger partial charge >= 0.3 is 0 Å². The maximum Gasteiger partial charge on any atom is 0.232 e. The highest BCUT2D eigenvalue weighted by Crippen LogP contribution is 2.28. The van der Waals surface area contributed by atoms with Crippen molar-refractivity contribution in [2.75, 3.05) is 22.9 Å². The molecule has 1 aromatic carbocycles. The van der Waals surface area contributed by atoms with Crippen molar-refractivity contribution >= 4 is 17.5 Å². The molecule has 1 unspecified atom stereocenters. The van der Waals surface area contributed by atoms with Crippen LogP contribution in [0.4, 0.5) is 20.4 Å². The Balaban J connectivity index is 1.60. The summed E-state index contributed by atoms with van der Waals surface area (Å²) < 4.78 is 33.3. The van der Waals surface area contributed by atoms with Crippen molar-refractivity contribution in [3.05, 3.63) is 72.4 Å². The van der Waals surface area contributed by atoms with Gasteiger partial charge in [-0.1, -0.05) is 0 Å². The molecule has 3 heterocycles. The molecule has 3 aromatic rings. The summed E-state index contributed by atoms with van der Waals surface area (Å²) in [6.45, 7) is 1.24. The minimum absolute atomic E-state index is 0.0286. The first-order valence-electron chi connectivity index (χ1n) is 9.42. The number of hydrogen-bond acceptors (Lipinski definition) is 5. The number of carbonyl (C=O) groups is 1. The van der Waals surface area contributed by atoms with Crippen LogP contribution in [-0.2, 0) is 11.3 Å². The van der Waals surface area contributed by atoms with Crippen LogP contribution >= 0.6 is 0 Å². The number of rotatable bonds is 5. The SMILES string of the molecule is O=C(C1CCCN(c2ncccn2)C1)N(Cc1ccco1)c1ccc(F)cc1F. The summed E-state index contributed by atoms with van der Waals surface area (Å²) in [6, 6.07) is 8.36. The quantitative estimate of drug-likeness (QED) is 0.654. The van der Waals surface area contributed by atoms with Crippen LogP contribution in [0, 0.1) is 17.6 Å². The Kier molecular flexibility index (Phi) is 5.50. The van der Waals surface area contributed by atoms with Crippen molar-refractivity contribution in [2.24, 2.45) is 5.92 Å². The Hall–Kier alpha value is -3.29. The fraction of sp³-hybridized carbons (Fsp3) is 0.286. The number of nitrogens with zero attached hydrogens (tertiary/aromatic N) is 4. The largest absolute Gasteiger partial charge is 0.467 e. The van der Waals surface area contributed by atoms with Crippen molar-refractivity contribution in [1.82, 2.24) is 9.97 Å². The van der Waals surface area contributed by atoms with E-state index in [0.29, 0.717) is 24.7 Å². The first-order valence-corrected chi connectivity index (χ1v) is 9.42. The van der Waals surface area contributed by atoms with E-state index in [1.807, 2.05) is 4.90 Å². The maximum atomic E-state index is 14.5. The molecule has 150 valence electrons. The third-order valence-corrected chi connectivity index (χ3v) is 4.97. The highest BCUT2D eigenvalue weighted by Gasteiger charge is 2.32. The lowest BCUT2D eigenvalue weighted by Gasteiger charge is -2.34. The Morgan fingerprint density at radius 2 is 2.03 bits per heavy atom. The minimum Gasteiger partial charge on any atom is -0.467 e. The highest BCUT2D eigenvalue weighted by atomic mass is 19.1. The monoisotopic (exact) mass is 398 g/mol. The second-order valence-corrected chi connectivity index (χ2v) is 6.93. The van der Waals surface area contributed by atoms with Gasteiger partial charge in [-0.05, 0) is 43.2 Å². The van der Waals surface area contributed by atoms with Gasteiger partial charge in [-0.3, -0.25) is 4.79 Å². The lowest BCUT2D eigenvalue weighted by Crippen LogP contribution is -2.45. The Labute approximate surface area is 166 Å². The van der Waals surface area contributed by atoms with Gasteiger partial charge in [0.25, 0.3) is 0 Å². The van der Waals surface area contributed by atoms with Gasteiger partial charge in [0.15, 0.2) is 0 Å². The number of amides is 1. The van der Waals surface area contributed by atoms with Crippen LogP contribution in [-0.4, -0.2) is 29.0 Å². The summed E-state index contributed by atoms with van der Waals surface area (Å²) >= 11 is 0. The zero-order chi connectivity index (χ0) is 20.2. The van der Waals surface area contributed by atoms with Crippen LogP contribution in [0.15, 0.2) is 59.5 Å². The number of benzene rings is 1. The number of aromatic nitrogens is 2. The third kappa shape index (κ3) is 4.26. The van der Waals surface area contributed by atoms with Gasteiger partial charge in [0, 0.05) is 31.5 Å². The smallest absolute Gasteiger partial charge is 0.232 e. The van der Waals surface area contributed by atoms with Crippen LogP contribution in [0.2, 0.25) is 0 Å². The molecule has 4 rings (SSSR count). The van der Waals surface area contributed by atoms with Gasteiger partial charge in [-0.15, -0.1) is 0 Å². The van der Waals surface area contributed by atoms with Crippen molar-refractivity contribution < 1.29 is 18.0 Å². The lowest BCUT2D eigenvalue weighted by atomic mass is 9.96. The maximum absolute atomic E-state index is 14.5. The van der Waals surface area contributed by atoms with E-state index in [2.05, 4.69) is 9.97 Å². The van der Waals surface area contributed by atoms with Crippen LogP contribution in [0.1, 0.15) is 18.6 Å². The predicted octanol–water partition coefficient (Wildman–Crippen LogP) is 3.80. The zero-order valence-corrected chi connectivity index (χ0v) is 15.7. The number of furan rings is 1. The van der Waals surface area contributed by atoms with E-state index in [-0.39, 0.29) is 24.1 Å². The Morgan fingerprint density at radius 1 is 1.21 bits per heavy atom. The van der Waals surface area contributed by atoms with Gasteiger partial charge in [0.2, 0.25) is 11.9 Å². The molecule has 29 heavy (non-hydrogen) atoms. The van der Waals surface area contributed by atoms with Gasteiger partial charge in [-0.25, -0.2) is 18.7 Å². The molecule has 6 nitrogen and oxygen atoms in total. The van der Waals surface area contributed by atoms with E-state index < -0.39 is 11.6 Å². The minimum atomic E-state index is -0.788. The van der Waals surface area contributed by atoms with E-state index in [0.717, 1.165) is 25.1 Å². The summed E-state index contributed by atoms with van der Waals surface area (Å²) in [5.74, 6) is -1.01. The van der Waals surface area contributed by atoms with E-state index in [1.54, 1.807) is 30.6 Å². The van der Waals surface area contributed by atoms with Crippen LogP contribution in [0.3, 0.4) is 0 Å². The zero-order valence-electron chi connectivity index (χ0n) is 15.7. The van der Waals surface area contributed by atoms with Crippen LogP contribution in [0.5, 0.6) is 0 Å². The molecule has 1 saturated heterocycles. The average molecular weight is 398 g/mol. The molecule has 1 atom stereocenters. The number of piperidine rings is 1. The van der Waals surface area contributed by atoms with Crippen LogP contribution in [0.25, 0.3) is 0 Å². The molecule has 1 amide bonds. The molecule has 0 N–H and O–H groups in total. The summed E-state index contributed by atoms with van der Waals surface area (Å²) in [5.41, 5.74) is 0.0286. The molecule has 0 spiro atoms. The molecule has 2 aromatic heterocycles. The van der Waals surface area contributed by atoms with Gasteiger partial charge in [0.1, 0.15) is 17.4 Å². The Morgan fingerprint density at radius 3 is 2.76 bits per heavy atom. The van der Waals surface area contributed by atoms with E-state index >= 15 is 0 Å². The predicted molar refractivity (Wildman–Crippen MR) is 103 cm³/mol. The molecule has 1 aliphatic rings. The molecular formula is C21H20F2N4O2. The van der Waals surface area contributed by atoms with E-state index in [4.69, 9.17) is 4.42 Å². The highest BCUT2D eigenvalue weighted by molar-refractivity contribution is 5.95. The summed E-state index contributed by atoms with van der Waals surface area (Å²) in [7, 11) is 0. The second-order valence-electron chi connectivity index (χ2n) is 6.93. The molecule has 8 heteroatoms. The fourth-order valence-corrected chi connectivity index (χ4v) is 3.58. The molecule has 1 fully saturated rings. The van der Waals surface area contributed by atoms with Crippen molar-refractivity contribution in [3.8, 4) is 0 Å². The third-order valence-electron chi connectivity index (χ3n) is 4.97. The number of halogens is 2. The van der Waals surface area contributed by atoms with E-state index in [1.165, 1.54) is 17.2 Å². The molecular weight excluding hydrogens is 378 g/mol. The number of hydrogen-bond donors (Lipinski definition) is 0. The number of carbonyl (C=O) groups excluding carboxylic acids is 1. The molecule has 1 aliphatic heterocycles. The first-order chi connectivity index (χ1) is 14.1. The van der Waals surface area contributed by atoms with Gasteiger partial charge in [0.05, 0.1) is 24.4 Å². The standard InChI is InChI=1S/C21H20F2N4O2/c22-16-6-7-19(18(23)12-16)27(14-17-5-2-11-29-17)20(28)15-4-1-10-26(13-15)21-24-8-3-9-25-21/h2-3,5-9,11-12,15H,1,4,10,13-14H2. The summed E-state index contributed by atoms with van der Waals surface area (Å²) in [4.78, 5) is 25.2. The average Bonchev–Trinajstić information content (AvgIpc) is 3.26. The molecule has 0 aliphatic carbocycles. The lowest BCUT2D eigenvalue weighted by molar-refractivity contribution is -0.122. The fourth-order valence-electron chi connectivity index (χ4n) is 3.58. The van der Waals surface area contributed by atoms with Crippen LogP contribution < -0.4 is 9.80 Å². The van der Waals surface area contributed by atoms with Gasteiger partial charge < -0.3 is 14.2 Å². The normalized spacial score (nSPS) is 16.6. The Bertz CT molecular complexity index is 966. The first kappa shape index (κ1) is 19.0. The second kappa shape index (κ2) is 8.38. The molecule has 0 bridgehead atoms. The number of anilines is 2. The van der Waals surface area contributed by atoms with Crippen molar-refractivity contribution in [1.29, 1.82) is 0 Å². The summed E-state index contributed by atoms with van der Waals surface area (Å²) in [5, 5.41) is 0. The van der Waals surface area contributed by atoms with E-state index in [9.17, 15) is 13.6 Å². The van der Waals surface area contributed by atoms with Gasteiger partial charge in [-0.2, -0.15) is 0 Å². The molecule has 0 saturated carbocycles. The summed E-state index contributed by atoms with van der Waals surface area (Å²) in [6.07, 6.45) is 6.26. The van der Waals surface area contributed by atoms with Crippen molar-refractivity contribution in [3.63, 3.8) is 0 Å². The topological polar surface area (TPSA) is 62.5 Å².